The van der Waals surface area contributed by atoms with E-state index in [0.717, 1.165) is 71.0 Å². The van der Waals surface area contributed by atoms with Crippen molar-refractivity contribution in [2.75, 3.05) is 46.8 Å². The molecule has 1 aliphatic rings. The molecule has 258 valence electrons. The molecule has 1 heterocycles. The van der Waals surface area contributed by atoms with Gasteiger partial charge < -0.3 is 28.4 Å². The molecule has 0 aliphatic carbocycles. The van der Waals surface area contributed by atoms with Gasteiger partial charge in [-0.05, 0) is 60.9 Å². The monoisotopic (exact) mass is 658 g/mol. The van der Waals surface area contributed by atoms with Gasteiger partial charge >= 0.3 is 5.97 Å². The van der Waals surface area contributed by atoms with E-state index in [-0.39, 0.29) is 35.4 Å². The molecule has 7 nitrogen and oxygen atoms in total. The van der Waals surface area contributed by atoms with Gasteiger partial charge in [0.15, 0.2) is 6.61 Å². The van der Waals surface area contributed by atoms with Crippen LogP contribution in [0.25, 0.3) is 0 Å². The van der Waals surface area contributed by atoms with E-state index in [1.54, 1.807) is 0 Å². The SMILES string of the molecule is CCCCOC[C@H]1S[C@@H](c2cccc(Cc3ccc(OCC(=O)OC)cc3)c2)[C@H](OCCCC)[C@@H](OCCCC)[C@@H]1OCCCC. The van der Waals surface area contributed by atoms with E-state index in [1.165, 1.54) is 23.8 Å². The van der Waals surface area contributed by atoms with Crippen molar-refractivity contribution >= 4 is 17.7 Å². The second kappa shape index (κ2) is 22.5. The molecule has 3 rings (SSSR count). The maximum atomic E-state index is 11.4. The van der Waals surface area contributed by atoms with Gasteiger partial charge in [0.25, 0.3) is 0 Å². The average molecular weight is 659 g/mol. The zero-order valence-corrected chi connectivity index (χ0v) is 29.7. The zero-order chi connectivity index (χ0) is 33.0. The van der Waals surface area contributed by atoms with Crippen molar-refractivity contribution in [1.29, 1.82) is 0 Å². The molecule has 0 radical (unpaired) electrons. The second-order valence-electron chi connectivity index (χ2n) is 12.0. The lowest BCUT2D eigenvalue weighted by Gasteiger charge is -2.46. The van der Waals surface area contributed by atoms with Crippen molar-refractivity contribution in [3.8, 4) is 5.75 Å². The smallest absolute Gasteiger partial charge is 0.343 e. The molecule has 2 aromatic rings. The standard InChI is InChI=1S/C38H58O7S/c1-6-10-21-41-27-33-35(42-22-11-7-2)36(43-23-12-8-3)37(44-24-13-9-4)38(46-33)31-16-14-15-30(26-31)25-29-17-19-32(20-18-29)45-28-34(39)40-5/h14-20,26,33,35-38H,6-13,21-25,27-28H2,1-5H3/t33-,35-,36+,37-,38+/m1/s1. The normalized spacial score (nSPS) is 21.3. The number of ether oxygens (including phenoxy) is 6. The summed E-state index contributed by atoms with van der Waals surface area (Å²) in [5.74, 6) is 0.246. The third kappa shape index (κ3) is 12.8. The first-order valence-electron chi connectivity index (χ1n) is 17.5. The van der Waals surface area contributed by atoms with Crippen LogP contribution < -0.4 is 4.74 Å². The molecule has 0 aromatic heterocycles. The number of carbonyl (C=O) groups is 1. The van der Waals surface area contributed by atoms with E-state index in [2.05, 4.69) is 56.7 Å². The summed E-state index contributed by atoms with van der Waals surface area (Å²) in [6, 6.07) is 16.8. The van der Waals surface area contributed by atoms with E-state index >= 15 is 0 Å². The molecule has 8 heteroatoms. The first-order valence-corrected chi connectivity index (χ1v) is 18.4. The van der Waals surface area contributed by atoms with Crippen LogP contribution in [-0.4, -0.2) is 76.3 Å². The number of esters is 1. The van der Waals surface area contributed by atoms with Gasteiger partial charge in [0, 0.05) is 26.4 Å². The fourth-order valence-electron chi connectivity index (χ4n) is 5.45. The highest BCUT2D eigenvalue weighted by Gasteiger charge is 2.48. The van der Waals surface area contributed by atoms with Crippen molar-refractivity contribution < 1.29 is 33.2 Å². The Labute approximate surface area is 282 Å². The Morgan fingerprint density at radius 2 is 1.33 bits per heavy atom. The summed E-state index contributed by atoms with van der Waals surface area (Å²) < 4.78 is 36.6. The van der Waals surface area contributed by atoms with Crippen LogP contribution in [0.4, 0.5) is 0 Å². The Morgan fingerprint density at radius 1 is 0.717 bits per heavy atom. The molecule has 0 amide bonds. The van der Waals surface area contributed by atoms with Crippen LogP contribution in [-0.2, 0) is 34.9 Å². The Morgan fingerprint density at radius 3 is 1.96 bits per heavy atom. The number of methoxy groups -OCH3 is 1. The molecule has 0 N–H and O–H groups in total. The predicted octanol–water partition coefficient (Wildman–Crippen LogP) is 8.36. The van der Waals surface area contributed by atoms with E-state index in [1.807, 2.05) is 36.0 Å². The lowest BCUT2D eigenvalue weighted by Crippen LogP contribution is -2.55. The van der Waals surface area contributed by atoms with Gasteiger partial charge in [-0.15, -0.1) is 11.8 Å². The van der Waals surface area contributed by atoms with Crippen molar-refractivity contribution in [1.82, 2.24) is 0 Å². The molecule has 2 aromatic carbocycles. The number of unbranched alkanes of at least 4 members (excludes halogenated alkanes) is 4. The summed E-state index contributed by atoms with van der Waals surface area (Å²) in [5.41, 5.74) is 3.65. The van der Waals surface area contributed by atoms with Gasteiger partial charge in [0.2, 0.25) is 0 Å². The van der Waals surface area contributed by atoms with E-state index < -0.39 is 5.97 Å². The highest BCUT2D eigenvalue weighted by Crippen LogP contribution is 2.47. The Bertz CT molecular complexity index is 1090. The highest BCUT2D eigenvalue weighted by atomic mass is 32.2. The maximum absolute atomic E-state index is 11.4. The summed E-state index contributed by atoms with van der Waals surface area (Å²) in [6.45, 7) is 12.2. The molecule has 46 heavy (non-hydrogen) atoms. The fraction of sp³-hybridized carbons (Fsp3) is 0.658. The van der Waals surface area contributed by atoms with Crippen LogP contribution >= 0.6 is 11.8 Å². The Hall–Kier alpha value is -2.10. The van der Waals surface area contributed by atoms with Gasteiger partial charge in [0.05, 0.1) is 24.2 Å². The number of rotatable bonds is 23. The number of hydrogen-bond acceptors (Lipinski definition) is 8. The van der Waals surface area contributed by atoms with Crippen molar-refractivity contribution in [3.05, 3.63) is 65.2 Å². The molecule has 1 fully saturated rings. The molecule has 0 spiro atoms. The van der Waals surface area contributed by atoms with Crippen LogP contribution in [0.3, 0.4) is 0 Å². The predicted molar refractivity (Wildman–Crippen MR) is 187 cm³/mol. The lowest BCUT2D eigenvalue weighted by atomic mass is 9.94. The number of carbonyl (C=O) groups excluding carboxylic acids is 1. The van der Waals surface area contributed by atoms with Crippen molar-refractivity contribution in [2.24, 2.45) is 0 Å². The molecule has 5 atom stereocenters. The summed E-state index contributed by atoms with van der Waals surface area (Å²) in [5, 5.41) is 0.223. The first kappa shape index (κ1) is 38.3. The van der Waals surface area contributed by atoms with Gasteiger partial charge in [-0.25, -0.2) is 4.79 Å². The van der Waals surface area contributed by atoms with Gasteiger partial charge in [-0.3, -0.25) is 0 Å². The summed E-state index contributed by atoms with van der Waals surface area (Å²) in [7, 11) is 1.36. The molecule has 0 bridgehead atoms. The van der Waals surface area contributed by atoms with Crippen LogP contribution in [0.5, 0.6) is 5.75 Å². The minimum atomic E-state index is -0.398. The number of thioether (sulfide) groups is 1. The molecule has 1 aliphatic heterocycles. The number of benzene rings is 2. The third-order valence-electron chi connectivity index (χ3n) is 8.18. The lowest BCUT2D eigenvalue weighted by molar-refractivity contribution is -0.149. The summed E-state index contributed by atoms with van der Waals surface area (Å²) >= 11 is 1.94. The topological polar surface area (TPSA) is 72.5 Å². The van der Waals surface area contributed by atoms with Crippen LogP contribution in [0.15, 0.2) is 48.5 Å². The van der Waals surface area contributed by atoms with E-state index in [0.29, 0.717) is 25.6 Å². The summed E-state index contributed by atoms with van der Waals surface area (Å²) in [4.78, 5) is 11.4. The molecular weight excluding hydrogens is 600 g/mol. The van der Waals surface area contributed by atoms with Crippen LogP contribution in [0.1, 0.15) is 101 Å². The molecule has 0 unspecified atom stereocenters. The average Bonchev–Trinajstić information content (AvgIpc) is 3.08. The van der Waals surface area contributed by atoms with Crippen LogP contribution in [0.2, 0.25) is 0 Å². The largest absolute Gasteiger partial charge is 0.482 e. The Kier molecular flexibility index (Phi) is 18.7. The molecule has 0 saturated carbocycles. The first-order chi connectivity index (χ1) is 22.5. The second-order valence-corrected chi connectivity index (χ2v) is 13.4. The summed E-state index contributed by atoms with van der Waals surface area (Å²) in [6.07, 6.45) is 8.86. The van der Waals surface area contributed by atoms with E-state index in [4.69, 9.17) is 23.7 Å². The fourth-order valence-corrected chi connectivity index (χ4v) is 7.08. The molecular formula is C38H58O7S. The molecule has 1 saturated heterocycles. The van der Waals surface area contributed by atoms with Crippen molar-refractivity contribution in [2.45, 2.75) is 114 Å². The zero-order valence-electron chi connectivity index (χ0n) is 28.9. The minimum Gasteiger partial charge on any atom is -0.482 e. The maximum Gasteiger partial charge on any atom is 0.343 e. The quantitative estimate of drug-likeness (QED) is 0.0872. The van der Waals surface area contributed by atoms with Crippen LogP contribution in [0, 0.1) is 0 Å². The minimum absolute atomic E-state index is 0.0864. The van der Waals surface area contributed by atoms with Gasteiger partial charge in [-0.1, -0.05) is 89.8 Å². The third-order valence-corrected chi connectivity index (χ3v) is 9.77. The number of hydrogen-bond donors (Lipinski definition) is 0. The van der Waals surface area contributed by atoms with E-state index in [9.17, 15) is 4.79 Å². The Balaban J connectivity index is 1.88. The van der Waals surface area contributed by atoms with Gasteiger partial charge in [-0.2, -0.15) is 0 Å². The van der Waals surface area contributed by atoms with Gasteiger partial charge in [0.1, 0.15) is 24.1 Å². The van der Waals surface area contributed by atoms with Crippen molar-refractivity contribution in [3.63, 3.8) is 0 Å². The highest BCUT2D eigenvalue weighted by molar-refractivity contribution is 8.00.